The molecule has 10 nitrogen and oxygen atoms in total. The fourth-order valence-corrected chi connectivity index (χ4v) is 6.00. The topological polar surface area (TPSA) is 124 Å². The third-order valence-corrected chi connectivity index (χ3v) is 8.24. The van der Waals surface area contributed by atoms with Crippen molar-refractivity contribution in [2.45, 2.75) is 38.0 Å². The fraction of sp³-hybridized carbons (Fsp3) is 0.355. The Hall–Kier alpha value is -4.51. The SMILES string of the molecule is COc1cc(C(=O)N2C[C@H](N)C[C@@H](F)C2)cc2nc(-c3cc4ccc(-c5cc(O)ccn5)nc4n3CC3CC3)n(C)c12. The Morgan fingerprint density at radius 1 is 1.12 bits per heavy atom. The van der Waals surface area contributed by atoms with Crippen LogP contribution in [0, 0.1) is 5.92 Å². The molecule has 1 saturated carbocycles. The van der Waals surface area contributed by atoms with Crippen LogP contribution in [-0.4, -0.2) is 72.4 Å². The zero-order chi connectivity index (χ0) is 29.1. The Balaban J connectivity index is 1.34. The van der Waals surface area contributed by atoms with Crippen LogP contribution in [0.25, 0.3) is 45.0 Å². The van der Waals surface area contributed by atoms with Gasteiger partial charge in [0.2, 0.25) is 0 Å². The molecular formula is C31H32FN7O3. The van der Waals surface area contributed by atoms with Crippen LogP contribution in [0.5, 0.6) is 11.5 Å². The molecule has 1 amide bonds. The molecule has 2 fully saturated rings. The number of alkyl halides is 1. The number of hydrogen-bond donors (Lipinski definition) is 2. The molecule has 0 unspecified atom stereocenters. The lowest BCUT2D eigenvalue weighted by molar-refractivity contribution is 0.0606. The van der Waals surface area contributed by atoms with E-state index in [2.05, 4.69) is 15.6 Å². The number of aryl methyl sites for hydroxylation is 1. The van der Waals surface area contributed by atoms with Crippen molar-refractivity contribution in [3.8, 4) is 34.4 Å². The Kier molecular flexibility index (Phi) is 6.34. The summed E-state index contributed by atoms with van der Waals surface area (Å²) in [5.74, 6) is 1.63. The maximum absolute atomic E-state index is 14.2. The van der Waals surface area contributed by atoms with E-state index in [4.69, 9.17) is 20.4 Å². The van der Waals surface area contributed by atoms with E-state index >= 15 is 0 Å². The Morgan fingerprint density at radius 3 is 2.69 bits per heavy atom. The third-order valence-electron chi connectivity index (χ3n) is 8.24. The molecule has 3 N–H and O–H groups in total. The van der Waals surface area contributed by atoms with Crippen molar-refractivity contribution in [2.24, 2.45) is 18.7 Å². The van der Waals surface area contributed by atoms with Crippen molar-refractivity contribution in [1.29, 1.82) is 0 Å². The molecule has 216 valence electrons. The number of aromatic nitrogens is 5. The average molecular weight is 570 g/mol. The standard InChI is InChI=1S/C31H32FN7O3/c1-37-28-25(9-19(11-27(28)42-2)31(41)38-15-20(32)12-21(33)16-38)36-30(37)26-10-18-5-6-23(24-13-22(40)7-8-34-24)35-29(18)39(26)14-17-3-4-17/h5-11,13,17,20-21H,3-4,12,14-16,33H2,1-2H3,(H,34,40)/t20-,21-/m1/s1. The lowest BCUT2D eigenvalue weighted by Crippen LogP contribution is -2.50. The monoisotopic (exact) mass is 569 g/mol. The summed E-state index contributed by atoms with van der Waals surface area (Å²) >= 11 is 0. The van der Waals surface area contributed by atoms with E-state index in [0.29, 0.717) is 46.5 Å². The Labute approximate surface area is 241 Å². The summed E-state index contributed by atoms with van der Waals surface area (Å²) in [6.45, 7) is 1.13. The molecule has 1 aliphatic carbocycles. The predicted molar refractivity (Wildman–Crippen MR) is 157 cm³/mol. The number of nitrogens with two attached hydrogens (primary N) is 1. The lowest BCUT2D eigenvalue weighted by Gasteiger charge is -2.33. The number of halogens is 1. The number of ether oxygens (including phenoxy) is 1. The third kappa shape index (κ3) is 4.63. The van der Waals surface area contributed by atoms with E-state index in [-0.39, 0.29) is 24.6 Å². The van der Waals surface area contributed by atoms with Crippen LogP contribution >= 0.6 is 0 Å². The molecule has 1 aromatic carbocycles. The van der Waals surface area contributed by atoms with Gasteiger partial charge in [-0.2, -0.15) is 0 Å². The number of rotatable bonds is 6. The van der Waals surface area contributed by atoms with Crippen molar-refractivity contribution >= 4 is 28.0 Å². The first-order valence-corrected chi connectivity index (χ1v) is 14.2. The summed E-state index contributed by atoms with van der Waals surface area (Å²) in [5.41, 5.74) is 10.7. The summed E-state index contributed by atoms with van der Waals surface area (Å²) in [6, 6.07) is 12.2. The van der Waals surface area contributed by atoms with Crippen LogP contribution in [0.2, 0.25) is 0 Å². The summed E-state index contributed by atoms with van der Waals surface area (Å²) in [4.78, 5) is 29.3. The highest BCUT2D eigenvalue weighted by Gasteiger charge is 2.30. The van der Waals surface area contributed by atoms with Crippen LogP contribution < -0.4 is 10.5 Å². The molecule has 1 aliphatic heterocycles. The minimum atomic E-state index is -1.14. The van der Waals surface area contributed by atoms with Crippen LogP contribution in [0.3, 0.4) is 0 Å². The van der Waals surface area contributed by atoms with Crippen molar-refractivity contribution in [2.75, 3.05) is 20.2 Å². The number of fused-ring (bicyclic) bond motifs is 2. The minimum absolute atomic E-state index is 0.0226. The van der Waals surface area contributed by atoms with Gasteiger partial charge in [0.25, 0.3) is 5.91 Å². The molecule has 11 heteroatoms. The molecule has 0 bridgehead atoms. The van der Waals surface area contributed by atoms with Gasteiger partial charge in [0, 0.05) is 49.4 Å². The van der Waals surface area contributed by atoms with Crippen molar-refractivity contribution < 1.29 is 19.0 Å². The van der Waals surface area contributed by atoms with E-state index in [0.717, 1.165) is 41.6 Å². The maximum atomic E-state index is 14.2. The second kappa shape index (κ2) is 10.1. The summed E-state index contributed by atoms with van der Waals surface area (Å²) < 4.78 is 24.1. The normalized spacial score (nSPS) is 19.1. The van der Waals surface area contributed by atoms with Gasteiger partial charge in [-0.25, -0.2) is 14.4 Å². The minimum Gasteiger partial charge on any atom is -0.508 e. The number of imidazole rings is 1. The first kappa shape index (κ1) is 26.4. The molecule has 5 heterocycles. The van der Waals surface area contributed by atoms with Gasteiger partial charge < -0.3 is 29.6 Å². The van der Waals surface area contributed by atoms with Gasteiger partial charge in [0.05, 0.1) is 36.3 Å². The lowest BCUT2D eigenvalue weighted by atomic mass is 10.0. The van der Waals surface area contributed by atoms with Crippen molar-refractivity contribution in [3.05, 3.63) is 54.2 Å². The van der Waals surface area contributed by atoms with Crippen LogP contribution in [0.4, 0.5) is 4.39 Å². The highest BCUT2D eigenvalue weighted by atomic mass is 19.1. The number of likely N-dealkylation sites (tertiary alicyclic amines) is 1. The van der Waals surface area contributed by atoms with Gasteiger partial charge in [-0.3, -0.25) is 9.78 Å². The Morgan fingerprint density at radius 2 is 1.95 bits per heavy atom. The fourth-order valence-electron chi connectivity index (χ4n) is 6.00. The summed E-state index contributed by atoms with van der Waals surface area (Å²) in [6.07, 6.45) is 3.00. The van der Waals surface area contributed by atoms with Gasteiger partial charge in [-0.05, 0) is 61.6 Å². The molecule has 7 rings (SSSR count). The number of nitrogens with zero attached hydrogens (tertiary/aromatic N) is 6. The first-order valence-electron chi connectivity index (χ1n) is 14.2. The van der Waals surface area contributed by atoms with E-state index in [1.807, 2.05) is 23.7 Å². The zero-order valence-electron chi connectivity index (χ0n) is 23.5. The number of aromatic hydroxyl groups is 1. The molecular weight excluding hydrogens is 537 g/mol. The highest BCUT2D eigenvalue weighted by molar-refractivity contribution is 6.00. The average Bonchev–Trinajstić information content (AvgIpc) is 3.65. The Bertz CT molecular complexity index is 1830. The van der Waals surface area contributed by atoms with E-state index < -0.39 is 12.2 Å². The van der Waals surface area contributed by atoms with Crippen LogP contribution in [0.1, 0.15) is 29.6 Å². The number of hydrogen-bond acceptors (Lipinski definition) is 7. The smallest absolute Gasteiger partial charge is 0.254 e. The molecule has 0 spiro atoms. The number of piperidine rings is 1. The van der Waals surface area contributed by atoms with Crippen molar-refractivity contribution in [3.63, 3.8) is 0 Å². The van der Waals surface area contributed by atoms with Crippen LogP contribution in [0.15, 0.2) is 48.7 Å². The number of amides is 1. The van der Waals surface area contributed by atoms with E-state index in [1.54, 1.807) is 31.5 Å². The molecule has 4 aromatic heterocycles. The van der Waals surface area contributed by atoms with Gasteiger partial charge >= 0.3 is 0 Å². The number of carbonyl (C=O) groups excluding carboxylic acids is 1. The molecule has 5 aromatic rings. The number of benzene rings is 1. The second-order valence-electron chi connectivity index (χ2n) is 11.4. The maximum Gasteiger partial charge on any atom is 0.254 e. The number of methoxy groups -OCH3 is 1. The van der Waals surface area contributed by atoms with E-state index in [9.17, 15) is 14.3 Å². The number of pyridine rings is 2. The highest BCUT2D eigenvalue weighted by Crippen LogP contribution is 2.38. The molecule has 42 heavy (non-hydrogen) atoms. The summed E-state index contributed by atoms with van der Waals surface area (Å²) in [5, 5.41) is 10.9. The quantitative estimate of drug-likeness (QED) is 0.313. The van der Waals surface area contributed by atoms with Gasteiger partial charge in [0.15, 0.2) is 5.82 Å². The molecule has 2 atom stereocenters. The predicted octanol–water partition coefficient (Wildman–Crippen LogP) is 4.29. The molecule has 2 aliphatic rings. The van der Waals surface area contributed by atoms with E-state index in [1.165, 1.54) is 11.0 Å². The molecule has 0 radical (unpaired) electrons. The first-order chi connectivity index (χ1) is 20.3. The summed E-state index contributed by atoms with van der Waals surface area (Å²) in [7, 11) is 3.50. The largest absolute Gasteiger partial charge is 0.508 e. The van der Waals surface area contributed by atoms with Crippen LogP contribution in [-0.2, 0) is 13.6 Å². The molecule has 1 saturated heterocycles. The van der Waals surface area contributed by atoms with Gasteiger partial charge in [-0.1, -0.05) is 0 Å². The second-order valence-corrected chi connectivity index (χ2v) is 11.4. The van der Waals surface area contributed by atoms with Gasteiger partial charge in [0.1, 0.15) is 28.8 Å². The zero-order valence-corrected chi connectivity index (χ0v) is 23.5. The number of carbonyl (C=O) groups is 1. The van der Waals surface area contributed by atoms with Gasteiger partial charge in [-0.15, -0.1) is 0 Å². The van der Waals surface area contributed by atoms with Crippen molar-refractivity contribution in [1.82, 2.24) is 29.0 Å².